The summed E-state index contributed by atoms with van der Waals surface area (Å²) < 4.78 is 7.96. The van der Waals surface area contributed by atoms with E-state index in [9.17, 15) is 5.11 Å². The number of aromatic hydroxyl groups is 1. The molecule has 2 aromatic carbocycles. The number of phenolic OH excluding ortho intramolecular Hbond substituents is 1. The lowest BCUT2D eigenvalue weighted by Crippen LogP contribution is -1.93. The summed E-state index contributed by atoms with van der Waals surface area (Å²) in [6, 6.07) is 11.8. The average molecular weight is 318 g/mol. The van der Waals surface area contributed by atoms with E-state index in [1.807, 2.05) is 68.1 Å². The van der Waals surface area contributed by atoms with Crippen LogP contribution in [-0.2, 0) is 0 Å². The van der Waals surface area contributed by atoms with Crippen molar-refractivity contribution >= 4 is 11.1 Å². The molecule has 0 aliphatic rings. The van der Waals surface area contributed by atoms with Gasteiger partial charge in [0, 0.05) is 18.1 Å². The van der Waals surface area contributed by atoms with Gasteiger partial charge in [-0.25, -0.2) is 4.98 Å². The Bertz CT molecular complexity index is 1040. The Kier molecular flexibility index (Phi) is 3.20. The number of phenols is 1. The van der Waals surface area contributed by atoms with Crippen LogP contribution in [0.15, 0.2) is 53.2 Å². The summed E-state index contributed by atoms with van der Waals surface area (Å²) in [5, 5.41) is 10.5. The topological polar surface area (TPSA) is 51.2 Å². The van der Waals surface area contributed by atoms with Crippen molar-refractivity contribution in [1.29, 1.82) is 0 Å². The molecule has 4 rings (SSSR count). The zero-order chi connectivity index (χ0) is 16.8. The third-order valence-electron chi connectivity index (χ3n) is 4.24. The number of rotatable bonds is 2. The van der Waals surface area contributed by atoms with Crippen LogP contribution in [0.5, 0.6) is 5.75 Å². The van der Waals surface area contributed by atoms with Crippen molar-refractivity contribution in [2.45, 2.75) is 20.8 Å². The van der Waals surface area contributed by atoms with Gasteiger partial charge in [0.1, 0.15) is 11.3 Å². The molecule has 2 aromatic heterocycles. The van der Waals surface area contributed by atoms with Gasteiger partial charge in [0.2, 0.25) is 5.89 Å². The average Bonchev–Trinajstić information content (AvgIpc) is 3.19. The lowest BCUT2D eigenvalue weighted by molar-refractivity contribution is 0.470. The minimum Gasteiger partial charge on any atom is -0.507 e. The predicted molar refractivity (Wildman–Crippen MR) is 94.6 cm³/mol. The highest BCUT2D eigenvalue weighted by molar-refractivity contribution is 5.81. The molecule has 24 heavy (non-hydrogen) atoms. The molecule has 0 aliphatic carbocycles. The van der Waals surface area contributed by atoms with Crippen LogP contribution in [0.2, 0.25) is 0 Å². The van der Waals surface area contributed by atoms with Crippen molar-refractivity contribution in [1.82, 2.24) is 9.55 Å². The number of benzene rings is 2. The Morgan fingerprint density at radius 3 is 2.46 bits per heavy atom. The predicted octanol–water partition coefficient (Wildman–Crippen LogP) is 4.92. The van der Waals surface area contributed by atoms with E-state index < -0.39 is 0 Å². The van der Waals surface area contributed by atoms with Gasteiger partial charge in [-0.2, -0.15) is 0 Å². The van der Waals surface area contributed by atoms with Gasteiger partial charge in [-0.3, -0.25) is 0 Å². The zero-order valence-corrected chi connectivity index (χ0v) is 13.9. The lowest BCUT2D eigenvalue weighted by atomic mass is 10.1. The summed E-state index contributed by atoms with van der Waals surface area (Å²) in [6.07, 6.45) is 3.93. The molecule has 120 valence electrons. The molecule has 4 heteroatoms. The summed E-state index contributed by atoms with van der Waals surface area (Å²) in [4.78, 5) is 4.59. The molecule has 0 saturated carbocycles. The third kappa shape index (κ3) is 2.27. The molecule has 4 nitrogen and oxygen atoms in total. The van der Waals surface area contributed by atoms with E-state index >= 15 is 0 Å². The van der Waals surface area contributed by atoms with E-state index in [2.05, 4.69) is 11.1 Å². The smallest absolute Gasteiger partial charge is 0.231 e. The number of oxazole rings is 1. The Balaban J connectivity index is 1.94. The molecule has 2 heterocycles. The fraction of sp³-hybridized carbons (Fsp3) is 0.150. The first-order chi connectivity index (χ1) is 11.5. The van der Waals surface area contributed by atoms with E-state index in [-0.39, 0.29) is 5.75 Å². The molecule has 0 fully saturated rings. The minimum absolute atomic E-state index is 0.201. The minimum atomic E-state index is 0.201. The molecule has 0 unspecified atom stereocenters. The Morgan fingerprint density at radius 2 is 1.71 bits per heavy atom. The Hall–Kier alpha value is -3.01. The van der Waals surface area contributed by atoms with Crippen LogP contribution < -0.4 is 0 Å². The highest BCUT2D eigenvalue weighted by Crippen LogP contribution is 2.36. The van der Waals surface area contributed by atoms with Gasteiger partial charge in [0.25, 0.3) is 0 Å². The van der Waals surface area contributed by atoms with Crippen molar-refractivity contribution < 1.29 is 9.52 Å². The number of nitrogens with zero attached hydrogens (tertiary/aromatic N) is 2. The zero-order valence-electron chi connectivity index (χ0n) is 13.9. The summed E-state index contributed by atoms with van der Waals surface area (Å²) in [7, 11) is 0. The normalized spacial score (nSPS) is 11.3. The van der Waals surface area contributed by atoms with E-state index in [0.29, 0.717) is 11.5 Å². The van der Waals surface area contributed by atoms with Crippen molar-refractivity contribution in [3.63, 3.8) is 0 Å². The molecule has 0 amide bonds. The number of fused-ring (bicyclic) bond motifs is 1. The number of hydrogen-bond donors (Lipinski definition) is 1. The van der Waals surface area contributed by atoms with Gasteiger partial charge >= 0.3 is 0 Å². The van der Waals surface area contributed by atoms with Gasteiger partial charge in [-0.05, 0) is 67.8 Å². The van der Waals surface area contributed by atoms with Crippen LogP contribution in [0.3, 0.4) is 0 Å². The van der Waals surface area contributed by atoms with E-state index in [4.69, 9.17) is 4.42 Å². The van der Waals surface area contributed by atoms with Gasteiger partial charge in [-0.1, -0.05) is 6.07 Å². The monoisotopic (exact) mass is 318 g/mol. The summed E-state index contributed by atoms with van der Waals surface area (Å²) >= 11 is 0. The lowest BCUT2D eigenvalue weighted by Gasteiger charge is -2.09. The van der Waals surface area contributed by atoms with E-state index in [0.717, 1.165) is 33.5 Å². The SMILES string of the molecule is Cc1cc(C)c2oc(-c3cc(-n4cccc4)cc(C)c3O)nc2c1. The first kappa shape index (κ1) is 14.6. The second-order valence-electron chi connectivity index (χ2n) is 6.20. The number of aromatic nitrogens is 2. The molecular weight excluding hydrogens is 300 g/mol. The highest BCUT2D eigenvalue weighted by Gasteiger charge is 2.17. The van der Waals surface area contributed by atoms with Crippen molar-refractivity contribution in [2.24, 2.45) is 0 Å². The maximum atomic E-state index is 10.5. The summed E-state index contributed by atoms with van der Waals surface area (Å²) in [6.45, 7) is 5.92. The van der Waals surface area contributed by atoms with Gasteiger partial charge < -0.3 is 14.1 Å². The highest BCUT2D eigenvalue weighted by atomic mass is 16.3. The molecule has 4 aromatic rings. The largest absolute Gasteiger partial charge is 0.507 e. The molecule has 0 bridgehead atoms. The third-order valence-corrected chi connectivity index (χ3v) is 4.24. The van der Waals surface area contributed by atoms with Crippen LogP contribution in [0.25, 0.3) is 28.2 Å². The van der Waals surface area contributed by atoms with E-state index in [1.54, 1.807) is 0 Å². The number of hydrogen-bond acceptors (Lipinski definition) is 3. The second kappa shape index (κ2) is 5.27. The van der Waals surface area contributed by atoms with Crippen molar-refractivity contribution in [2.75, 3.05) is 0 Å². The quantitative estimate of drug-likeness (QED) is 0.571. The first-order valence-electron chi connectivity index (χ1n) is 7.88. The first-order valence-corrected chi connectivity index (χ1v) is 7.88. The van der Waals surface area contributed by atoms with Gasteiger partial charge in [-0.15, -0.1) is 0 Å². The van der Waals surface area contributed by atoms with Crippen molar-refractivity contribution in [3.05, 3.63) is 65.5 Å². The number of aryl methyl sites for hydroxylation is 3. The maximum absolute atomic E-state index is 10.5. The molecule has 1 N–H and O–H groups in total. The van der Waals surface area contributed by atoms with Crippen LogP contribution in [0.1, 0.15) is 16.7 Å². The van der Waals surface area contributed by atoms with Gasteiger partial charge in [0.05, 0.1) is 5.56 Å². The Morgan fingerprint density at radius 1 is 0.958 bits per heavy atom. The van der Waals surface area contributed by atoms with Crippen LogP contribution in [-0.4, -0.2) is 14.7 Å². The van der Waals surface area contributed by atoms with Crippen LogP contribution in [0.4, 0.5) is 0 Å². The molecule has 0 aliphatic heterocycles. The summed E-state index contributed by atoms with van der Waals surface area (Å²) in [5.74, 6) is 0.639. The van der Waals surface area contributed by atoms with Crippen LogP contribution >= 0.6 is 0 Å². The molecule has 0 saturated heterocycles. The fourth-order valence-electron chi connectivity index (χ4n) is 3.07. The Labute approximate surface area is 140 Å². The van der Waals surface area contributed by atoms with E-state index in [1.165, 1.54) is 0 Å². The van der Waals surface area contributed by atoms with Crippen molar-refractivity contribution in [3.8, 4) is 22.9 Å². The molecule has 0 atom stereocenters. The second-order valence-corrected chi connectivity index (χ2v) is 6.20. The summed E-state index contributed by atoms with van der Waals surface area (Å²) in [5.41, 5.74) is 6.10. The standard InChI is InChI=1S/C20H18N2O2/c1-12-8-14(3)19-17(9-12)21-20(24-19)16-11-15(10-13(2)18(16)23)22-6-4-5-7-22/h4-11,23H,1-3H3. The molecular formula is C20H18N2O2. The molecule has 0 spiro atoms. The van der Waals surface area contributed by atoms with Crippen LogP contribution in [0, 0.1) is 20.8 Å². The molecule has 0 radical (unpaired) electrons. The maximum Gasteiger partial charge on any atom is 0.231 e. The fourth-order valence-corrected chi connectivity index (χ4v) is 3.07. The van der Waals surface area contributed by atoms with Gasteiger partial charge in [0.15, 0.2) is 5.58 Å².